The van der Waals surface area contributed by atoms with Crippen LogP contribution in [0, 0.1) is 26.6 Å². The number of benzene rings is 2. The largest absolute Gasteiger partial charge is 0.381 e. The Kier molecular flexibility index (Phi) is 3.66. The van der Waals surface area contributed by atoms with Crippen molar-refractivity contribution in [2.75, 3.05) is 5.32 Å². The molecule has 0 aliphatic carbocycles. The van der Waals surface area contributed by atoms with Crippen molar-refractivity contribution in [3.63, 3.8) is 0 Å². The lowest BCUT2D eigenvalue weighted by Crippen LogP contribution is -2.04. The van der Waals surface area contributed by atoms with E-state index in [9.17, 15) is 4.39 Å². The van der Waals surface area contributed by atoms with Crippen LogP contribution in [0.25, 0.3) is 0 Å². The number of hydrogen-bond donors (Lipinski definition) is 1. The highest BCUT2D eigenvalue weighted by Gasteiger charge is 2.04. The molecule has 94 valence electrons. The monoisotopic (exact) mass is 243 g/mol. The quantitative estimate of drug-likeness (QED) is 0.844. The average Bonchev–Trinajstić information content (AvgIpc) is 2.33. The number of rotatable bonds is 3. The molecule has 0 saturated heterocycles. The Morgan fingerprint density at radius 1 is 0.944 bits per heavy atom. The molecule has 0 aromatic heterocycles. The second-order valence-corrected chi connectivity index (χ2v) is 4.68. The first kappa shape index (κ1) is 12.6. The van der Waals surface area contributed by atoms with Gasteiger partial charge in [0, 0.05) is 12.2 Å². The first-order valence-electron chi connectivity index (χ1n) is 6.13. The molecule has 0 atom stereocenters. The third-order valence-electron chi connectivity index (χ3n) is 3.30. The molecule has 2 aromatic carbocycles. The summed E-state index contributed by atoms with van der Waals surface area (Å²) < 4.78 is 13.2. The lowest BCUT2D eigenvalue weighted by Gasteiger charge is -2.13. The first-order chi connectivity index (χ1) is 8.58. The molecule has 0 heterocycles. The second kappa shape index (κ2) is 5.21. The van der Waals surface area contributed by atoms with Gasteiger partial charge in [-0.05, 0) is 55.2 Å². The molecule has 2 heteroatoms. The highest BCUT2D eigenvalue weighted by Crippen LogP contribution is 2.19. The van der Waals surface area contributed by atoms with Gasteiger partial charge in [-0.2, -0.15) is 0 Å². The van der Waals surface area contributed by atoms with Gasteiger partial charge >= 0.3 is 0 Å². The fourth-order valence-corrected chi connectivity index (χ4v) is 2.10. The number of nitrogens with one attached hydrogen (secondary N) is 1. The van der Waals surface area contributed by atoms with Crippen LogP contribution in [0.5, 0.6) is 0 Å². The third-order valence-corrected chi connectivity index (χ3v) is 3.30. The van der Waals surface area contributed by atoms with E-state index in [4.69, 9.17) is 0 Å². The van der Waals surface area contributed by atoms with Crippen LogP contribution < -0.4 is 5.32 Å². The van der Waals surface area contributed by atoms with Crippen LogP contribution in [0.2, 0.25) is 0 Å². The van der Waals surface area contributed by atoms with Gasteiger partial charge in [0.25, 0.3) is 0 Å². The van der Waals surface area contributed by atoms with Crippen molar-refractivity contribution < 1.29 is 4.39 Å². The first-order valence-corrected chi connectivity index (χ1v) is 6.13. The predicted octanol–water partition coefficient (Wildman–Crippen LogP) is 4.36. The second-order valence-electron chi connectivity index (χ2n) is 4.68. The van der Waals surface area contributed by atoms with Crippen LogP contribution >= 0.6 is 0 Å². The van der Waals surface area contributed by atoms with E-state index in [1.165, 1.54) is 22.8 Å². The Morgan fingerprint density at radius 2 is 1.61 bits per heavy atom. The Labute approximate surface area is 108 Å². The summed E-state index contributed by atoms with van der Waals surface area (Å²) in [5.74, 6) is -0.204. The molecule has 1 N–H and O–H groups in total. The highest BCUT2D eigenvalue weighted by atomic mass is 19.1. The van der Waals surface area contributed by atoms with Gasteiger partial charge in [0.1, 0.15) is 5.82 Å². The minimum absolute atomic E-state index is 0.204. The van der Waals surface area contributed by atoms with Gasteiger partial charge in [0.2, 0.25) is 0 Å². The summed E-state index contributed by atoms with van der Waals surface area (Å²) in [7, 11) is 0. The Balaban J connectivity index is 2.19. The lowest BCUT2D eigenvalue weighted by atomic mass is 10.0. The van der Waals surface area contributed by atoms with Crippen LogP contribution in [0.15, 0.2) is 36.4 Å². The van der Waals surface area contributed by atoms with E-state index in [2.05, 4.69) is 37.4 Å². The van der Waals surface area contributed by atoms with Gasteiger partial charge in [0.15, 0.2) is 0 Å². The summed E-state index contributed by atoms with van der Waals surface area (Å²) in [6.07, 6.45) is 0. The van der Waals surface area contributed by atoms with Crippen molar-refractivity contribution in [2.24, 2.45) is 0 Å². The molecule has 0 aliphatic heterocycles. The molecule has 0 saturated carbocycles. The predicted molar refractivity (Wildman–Crippen MR) is 74.4 cm³/mol. The molecule has 18 heavy (non-hydrogen) atoms. The highest BCUT2D eigenvalue weighted by molar-refractivity contribution is 5.51. The summed E-state index contributed by atoms with van der Waals surface area (Å²) in [5.41, 5.74) is 5.72. The fourth-order valence-electron chi connectivity index (χ4n) is 2.10. The van der Waals surface area contributed by atoms with Crippen LogP contribution in [-0.4, -0.2) is 0 Å². The number of anilines is 1. The third kappa shape index (κ3) is 2.70. The van der Waals surface area contributed by atoms with Crippen molar-refractivity contribution in [3.05, 3.63) is 64.5 Å². The van der Waals surface area contributed by atoms with Crippen molar-refractivity contribution in [1.29, 1.82) is 0 Å². The maximum absolute atomic E-state index is 13.2. The van der Waals surface area contributed by atoms with Crippen molar-refractivity contribution in [2.45, 2.75) is 27.3 Å². The zero-order chi connectivity index (χ0) is 13.1. The number of hydrogen-bond acceptors (Lipinski definition) is 1. The number of halogens is 1. The van der Waals surface area contributed by atoms with Gasteiger partial charge < -0.3 is 5.32 Å². The fraction of sp³-hybridized carbons (Fsp3) is 0.250. The summed E-state index contributed by atoms with van der Waals surface area (Å²) in [4.78, 5) is 0. The molecule has 0 unspecified atom stereocenters. The Bertz CT molecular complexity index is 541. The molecular weight excluding hydrogens is 225 g/mol. The lowest BCUT2D eigenvalue weighted by molar-refractivity contribution is 0.628. The summed E-state index contributed by atoms with van der Waals surface area (Å²) in [6, 6.07) is 11.1. The average molecular weight is 243 g/mol. The van der Waals surface area contributed by atoms with Crippen molar-refractivity contribution in [1.82, 2.24) is 0 Å². The summed E-state index contributed by atoms with van der Waals surface area (Å²) >= 11 is 0. The van der Waals surface area contributed by atoms with Crippen LogP contribution in [0.3, 0.4) is 0 Å². The maximum Gasteiger partial charge on any atom is 0.125 e. The van der Waals surface area contributed by atoms with Crippen LogP contribution in [0.4, 0.5) is 10.1 Å². The van der Waals surface area contributed by atoms with Gasteiger partial charge in [-0.25, -0.2) is 4.39 Å². The molecule has 2 rings (SSSR count). The van der Waals surface area contributed by atoms with E-state index in [1.807, 2.05) is 6.92 Å². The number of aryl methyl sites for hydroxylation is 3. The van der Waals surface area contributed by atoms with E-state index >= 15 is 0 Å². The van der Waals surface area contributed by atoms with E-state index < -0.39 is 0 Å². The summed E-state index contributed by atoms with van der Waals surface area (Å²) in [5, 5.41) is 3.31. The molecule has 0 fully saturated rings. The van der Waals surface area contributed by atoms with E-state index in [-0.39, 0.29) is 5.82 Å². The summed E-state index contributed by atoms with van der Waals surface area (Å²) in [6.45, 7) is 6.90. The van der Waals surface area contributed by atoms with E-state index in [1.54, 1.807) is 12.1 Å². The SMILES string of the molecule is Cc1ccc(F)cc1NCc1c(C)cccc1C. The van der Waals surface area contributed by atoms with E-state index in [0.29, 0.717) is 0 Å². The van der Waals surface area contributed by atoms with Crippen LogP contribution in [0.1, 0.15) is 22.3 Å². The van der Waals surface area contributed by atoms with Gasteiger partial charge in [0.05, 0.1) is 0 Å². The molecule has 0 bridgehead atoms. The molecule has 0 aliphatic rings. The maximum atomic E-state index is 13.2. The minimum atomic E-state index is -0.204. The van der Waals surface area contributed by atoms with Crippen molar-refractivity contribution in [3.8, 4) is 0 Å². The zero-order valence-corrected chi connectivity index (χ0v) is 11.0. The molecule has 0 radical (unpaired) electrons. The van der Waals surface area contributed by atoms with Gasteiger partial charge in [-0.1, -0.05) is 24.3 Å². The molecule has 0 spiro atoms. The topological polar surface area (TPSA) is 12.0 Å². The standard InChI is InChI=1S/C16H18FN/c1-11-5-4-6-12(2)15(11)10-18-16-9-14(17)8-7-13(16)3/h4-9,18H,10H2,1-3H3. The molecular formula is C16H18FN. The van der Waals surface area contributed by atoms with Gasteiger partial charge in [-0.3, -0.25) is 0 Å². The molecule has 0 amide bonds. The van der Waals surface area contributed by atoms with Gasteiger partial charge in [-0.15, -0.1) is 0 Å². The molecule has 2 aromatic rings. The zero-order valence-electron chi connectivity index (χ0n) is 11.0. The Morgan fingerprint density at radius 3 is 2.28 bits per heavy atom. The molecule has 1 nitrogen and oxygen atoms in total. The Hall–Kier alpha value is -1.83. The van der Waals surface area contributed by atoms with E-state index in [0.717, 1.165) is 17.8 Å². The van der Waals surface area contributed by atoms with Crippen LogP contribution in [-0.2, 0) is 6.54 Å². The smallest absolute Gasteiger partial charge is 0.125 e. The van der Waals surface area contributed by atoms with Crippen molar-refractivity contribution >= 4 is 5.69 Å². The normalized spacial score (nSPS) is 10.4. The minimum Gasteiger partial charge on any atom is -0.381 e.